The molecular formula is C6H9F2NO2. The van der Waals surface area contributed by atoms with Gasteiger partial charge in [-0.25, -0.2) is 8.78 Å². The molecule has 1 fully saturated rings. The van der Waals surface area contributed by atoms with Crippen molar-refractivity contribution in [1.82, 2.24) is 5.32 Å². The van der Waals surface area contributed by atoms with Crippen molar-refractivity contribution < 1.29 is 18.7 Å². The SMILES string of the molecule is O=C(O)[C@H]1CNC[C@H]1C(F)F. The zero-order valence-corrected chi connectivity index (χ0v) is 5.76. The fourth-order valence-corrected chi connectivity index (χ4v) is 1.23. The zero-order valence-electron chi connectivity index (χ0n) is 5.76. The summed E-state index contributed by atoms with van der Waals surface area (Å²) in [6.45, 7) is 0.263. The third-order valence-electron chi connectivity index (χ3n) is 1.90. The standard InChI is InChI=1S/C6H9F2NO2/c7-5(8)3-1-9-2-4(3)6(10)11/h3-5,9H,1-2H2,(H,10,11)/t3-,4+/m1/s1. The molecule has 1 saturated heterocycles. The normalized spacial score (nSPS) is 31.2. The lowest BCUT2D eigenvalue weighted by Crippen LogP contribution is -2.27. The Balaban J connectivity index is 2.58. The highest BCUT2D eigenvalue weighted by Gasteiger charge is 2.38. The quantitative estimate of drug-likeness (QED) is 0.613. The van der Waals surface area contributed by atoms with Gasteiger partial charge in [0.1, 0.15) is 0 Å². The number of nitrogens with one attached hydrogen (secondary N) is 1. The number of rotatable bonds is 2. The van der Waals surface area contributed by atoms with Crippen LogP contribution in [0.1, 0.15) is 0 Å². The average molecular weight is 165 g/mol. The van der Waals surface area contributed by atoms with E-state index >= 15 is 0 Å². The van der Waals surface area contributed by atoms with Gasteiger partial charge in [-0.05, 0) is 0 Å². The Morgan fingerprint density at radius 2 is 2.18 bits per heavy atom. The fourth-order valence-electron chi connectivity index (χ4n) is 1.23. The summed E-state index contributed by atoms with van der Waals surface area (Å²) in [6, 6.07) is 0. The summed E-state index contributed by atoms with van der Waals surface area (Å²) in [4.78, 5) is 10.3. The summed E-state index contributed by atoms with van der Waals surface area (Å²) < 4.78 is 24.1. The van der Waals surface area contributed by atoms with E-state index in [9.17, 15) is 13.6 Å². The second kappa shape index (κ2) is 3.13. The lowest BCUT2D eigenvalue weighted by atomic mass is 9.97. The highest BCUT2D eigenvalue weighted by molar-refractivity contribution is 5.71. The van der Waals surface area contributed by atoms with Crippen molar-refractivity contribution >= 4 is 5.97 Å². The number of carboxylic acids is 1. The van der Waals surface area contributed by atoms with Crippen molar-refractivity contribution in [2.45, 2.75) is 6.43 Å². The van der Waals surface area contributed by atoms with E-state index < -0.39 is 24.2 Å². The van der Waals surface area contributed by atoms with Crippen LogP contribution in [0.2, 0.25) is 0 Å². The van der Waals surface area contributed by atoms with Crippen LogP contribution < -0.4 is 5.32 Å². The molecule has 0 aromatic carbocycles. The molecule has 0 aromatic heterocycles. The van der Waals surface area contributed by atoms with Gasteiger partial charge in [-0.2, -0.15) is 0 Å². The van der Waals surface area contributed by atoms with Crippen LogP contribution in [-0.2, 0) is 4.79 Å². The Morgan fingerprint density at radius 1 is 1.55 bits per heavy atom. The lowest BCUT2D eigenvalue weighted by molar-refractivity contribution is -0.144. The minimum atomic E-state index is -2.54. The summed E-state index contributed by atoms with van der Waals surface area (Å²) in [7, 11) is 0. The number of carbonyl (C=O) groups is 1. The first-order chi connectivity index (χ1) is 5.13. The molecule has 3 nitrogen and oxygen atoms in total. The van der Waals surface area contributed by atoms with E-state index in [0.29, 0.717) is 0 Å². The maximum absolute atomic E-state index is 12.0. The molecular weight excluding hydrogens is 156 g/mol. The van der Waals surface area contributed by atoms with E-state index in [4.69, 9.17) is 5.11 Å². The fraction of sp³-hybridized carbons (Fsp3) is 0.833. The number of alkyl halides is 2. The van der Waals surface area contributed by atoms with E-state index in [1.807, 2.05) is 0 Å². The molecule has 1 rings (SSSR count). The molecule has 0 bridgehead atoms. The Hall–Kier alpha value is -0.710. The van der Waals surface area contributed by atoms with Gasteiger partial charge in [0, 0.05) is 19.0 Å². The van der Waals surface area contributed by atoms with Crippen molar-refractivity contribution in [3.05, 3.63) is 0 Å². The van der Waals surface area contributed by atoms with Gasteiger partial charge in [0.25, 0.3) is 0 Å². The molecule has 1 heterocycles. The molecule has 0 spiro atoms. The van der Waals surface area contributed by atoms with Crippen molar-refractivity contribution in [3.8, 4) is 0 Å². The molecule has 64 valence electrons. The van der Waals surface area contributed by atoms with Gasteiger partial charge in [-0.15, -0.1) is 0 Å². The third kappa shape index (κ3) is 1.65. The van der Waals surface area contributed by atoms with Gasteiger partial charge in [0.2, 0.25) is 6.43 Å². The molecule has 2 atom stereocenters. The number of carboxylic acid groups (broad SMARTS) is 1. The Morgan fingerprint density at radius 3 is 2.55 bits per heavy atom. The minimum absolute atomic E-state index is 0.106. The predicted molar refractivity (Wildman–Crippen MR) is 33.5 cm³/mol. The van der Waals surface area contributed by atoms with Crippen LogP contribution in [0, 0.1) is 11.8 Å². The highest BCUT2D eigenvalue weighted by atomic mass is 19.3. The second-order valence-corrected chi connectivity index (χ2v) is 2.60. The molecule has 0 radical (unpaired) electrons. The van der Waals surface area contributed by atoms with Crippen LogP contribution in [0.4, 0.5) is 8.78 Å². The van der Waals surface area contributed by atoms with E-state index in [1.165, 1.54) is 0 Å². The number of hydrogen-bond acceptors (Lipinski definition) is 2. The van der Waals surface area contributed by atoms with Crippen molar-refractivity contribution in [2.75, 3.05) is 13.1 Å². The first-order valence-electron chi connectivity index (χ1n) is 3.34. The van der Waals surface area contributed by atoms with Gasteiger partial charge >= 0.3 is 5.97 Å². The van der Waals surface area contributed by atoms with Gasteiger partial charge in [-0.3, -0.25) is 4.79 Å². The van der Waals surface area contributed by atoms with Crippen LogP contribution in [0.3, 0.4) is 0 Å². The van der Waals surface area contributed by atoms with Crippen molar-refractivity contribution in [1.29, 1.82) is 0 Å². The molecule has 0 saturated carbocycles. The van der Waals surface area contributed by atoms with Crippen LogP contribution in [0.15, 0.2) is 0 Å². The highest BCUT2D eigenvalue weighted by Crippen LogP contribution is 2.23. The maximum Gasteiger partial charge on any atom is 0.308 e. The molecule has 0 unspecified atom stereocenters. The van der Waals surface area contributed by atoms with E-state index in [0.717, 1.165) is 0 Å². The molecule has 0 aromatic rings. The van der Waals surface area contributed by atoms with Crippen LogP contribution >= 0.6 is 0 Å². The first-order valence-corrected chi connectivity index (χ1v) is 3.34. The Bertz CT molecular complexity index is 163. The zero-order chi connectivity index (χ0) is 8.43. The predicted octanol–water partition coefficient (Wildman–Crippen LogP) is 0.172. The first kappa shape index (κ1) is 8.39. The van der Waals surface area contributed by atoms with E-state index in [1.54, 1.807) is 0 Å². The average Bonchev–Trinajstić information content (AvgIpc) is 2.32. The molecule has 0 amide bonds. The molecule has 5 heteroatoms. The van der Waals surface area contributed by atoms with Crippen molar-refractivity contribution in [3.63, 3.8) is 0 Å². The van der Waals surface area contributed by atoms with Gasteiger partial charge in [0.15, 0.2) is 0 Å². The minimum Gasteiger partial charge on any atom is -0.481 e. The summed E-state index contributed by atoms with van der Waals surface area (Å²) >= 11 is 0. The van der Waals surface area contributed by atoms with Crippen molar-refractivity contribution in [2.24, 2.45) is 11.8 Å². The van der Waals surface area contributed by atoms with Gasteiger partial charge in [0.05, 0.1) is 5.92 Å². The van der Waals surface area contributed by atoms with Crippen LogP contribution in [-0.4, -0.2) is 30.6 Å². The maximum atomic E-state index is 12.0. The van der Waals surface area contributed by atoms with E-state index in [-0.39, 0.29) is 13.1 Å². The molecule has 1 aliphatic rings. The largest absolute Gasteiger partial charge is 0.481 e. The van der Waals surface area contributed by atoms with Crippen LogP contribution in [0.25, 0.3) is 0 Å². The summed E-state index contributed by atoms with van der Waals surface area (Å²) in [6.07, 6.45) is -2.54. The molecule has 2 N–H and O–H groups in total. The molecule has 1 aliphatic heterocycles. The second-order valence-electron chi connectivity index (χ2n) is 2.60. The van der Waals surface area contributed by atoms with Gasteiger partial charge in [-0.1, -0.05) is 0 Å². The number of aliphatic carboxylic acids is 1. The van der Waals surface area contributed by atoms with Gasteiger partial charge < -0.3 is 10.4 Å². The molecule has 0 aliphatic carbocycles. The monoisotopic (exact) mass is 165 g/mol. The molecule has 11 heavy (non-hydrogen) atoms. The topological polar surface area (TPSA) is 49.3 Å². The smallest absolute Gasteiger partial charge is 0.308 e. The summed E-state index contributed by atoms with van der Waals surface area (Å²) in [5.41, 5.74) is 0. The summed E-state index contributed by atoms with van der Waals surface area (Å²) in [5, 5.41) is 11.1. The lowest BCUT2D eigenvalue weighted by Gasteiger charge is -2.12. The third-order valence-corrected chi connectivity index (χ3v) is 1.90. The Kier molecular flexibility index (Phi) is 2.38. The number of hydrogen-bond donors (Lipinski definition) is 2. The Labute approximate surface area is 62.4 Å². The van der Waals surface area contributed by atoms with Crippen LogP contribution in [0.5, 0.6) is 0 Å². The number of halogens is 2. The van der Waals surface area contributed by atoms with E-state index in [2.05, 4.69) is 5.32 Å². The summed E-state index contributed by atoms with van der Waals surface area (Å²) in [5.74, 6) is -3.08.